The van der Waals surface area contributed by atoms with Gasteiger partial charge < -0.3 is 10.2 Å². The van der Waals surface area contributed by atoms with Crippen molar-refractivity contribution in [3.05, 3.63) is 29.3 Å². The van der Waals surface area contributed by atoms with E-state index in [4.69, 9.17) is 0 Å². The molecule has 0 unspecified atom stereocenters. The number of benzene rings is 1. The molecule has 2 rings (SSSR count). The molecule has 0 bridgehead atoms. The average Bonchev–Trinajstić information content (AvgIpc) is 2.70. The molecule has 1 aliphatic heterocycles. The SMILES string of the molecule is CCc1ccc(CC)c(N[C@H]2CCN(C)C2=O)c1. The molecular weight excluding hydrogens is 224 g/mol. The highest BCUT2D eigenvalue weighted by Crippen LogP contribution is 2.22. The first-order valence-electron chi connectivity index (χ1n) is 6.79. The number of hydrogen-bond donors (Lipinski definition) is 1. The second kappa shape index (κ2) is 5.42. The maximum absolute atomic E-state index is 11.9. The average molecular weight is 246 g/mol. The smallest absolute Gasteiger partial charge is 0.244 e. The number of likely N-dealkylation sites (tertiary alicyclic amines) is 1. The van der Waals surface area contributed by atoms with E-state index in [1.807, 2.05) is 7.05 Å². The molecule has 1 aromatic carbocycles. The number of hydrogen-bond acceptors (Lipinski definition) is 2. The van der Waals surface area contributed by atoms with Crippen molar-refractivity contribution in [2.45, 2.75) is 39.2 Å². The van der Waals surface area contributed by atoms with Gasteiger partial charge in [-0.05, 0) is 36.5 Å². The van der Waals surface area contributed by atoms with Gasteiger partial charge in [0.25, 0.3) is 0 Å². The molecule has 0 aromatic heterocycles. The zero-order valence-corrected chi connectivity index (χ0v) is 11.5. The van der Waals surface area contributed by atoms with E-state index < -0.39 is 0 Å². The van der Waals surface area contributed by atoms with Crippen LogP contribution in [0, 0.1) is 0 Å². The maximum Gasteiger partial charge on any atom is 0.244 e. The van der Waals surface area contributed by atoms with Crippen LogP contribution >= 0.6 is 0 Å². The van der Waals surface area contributed by atoms with Crippen LogP contribution in [0.1, 0.15) is 31.4 Å². The van der Waals surface area contributed by atoms with Gasteiger partial charge in [0.05, 0.1) is 0 Å². The van der Waals surface area contributed by atoms with Gasteiger partial charge in [-0.3, -0.25) is 4.79 Å². The number of aryl methyl sites for hydroxylation is 2. The summed E-state index contributed by atoms with van der Waals surface area (Å²) in [5, 5.41) is 3.42. The number of rotatable bonds is 4. The van der Waals surface area contributed by atoms with Gasteiger partial charge in [0, 0.05) is 19.3 Å². The molecule has 1 saturated heterocycles. The van der Waals surface area contributed by atoms with Crippen LogP contribution in [0.5, 0.6) is 0 Å². The molecular formula is C15H22N2O. The highest BCUT2D eigenvalue weighted by atomic mass is 16.2. The van der Waals surface area contributed by atoms with E-state index >= 15 is 0 Å². The Kier molecular flexibility index (Phi) is 3.90. The van der Waals surface area contributed by atoms with Crippen molar-refractivity contribution in [1.29, 1.82) is 0 Å². The largest absolute Gasteiger partial charge is 0.373 e. The van der Waals surface area contributed by atoms with E-state index in [1.54, 1.807) is 4.90 Å². The Hall–Kier alpha value is -1.51. The third kappa shape index (κ3) is 2.50. The van der Waals surface area contributed by atoms with Crippen molar-refractivity contribution in [2.75, 3.05) is 18.9 Å². The minimum atomic E-state index is -0.0487. The Morgan fingerprint density at radius 1 is 1.33 bits per heavy atom. The van der Waals surface area contributed by atoms with Crippen molar-refractivity contribution < 1.29 is 4.79 Å². The molecule has 3 nitrogen and oxygen atoms in total. The fraction of sp³-hybridized carbons (Fsp3) is 0.533. The number of nitrogens with one attached hydrogen (secondary N) is 1. The maximum atomic E-state index is 11.9. The summed E-state index contributed by atoms with van der Waals surface area (Å²) in [6, 6.07) is 6.48. The fourth-order valence-electron chi connectivity index (χ4n) is 2.43. The van der Waals surface area contributed by atoms with Gasteiger partial charge in [-0.1, -0.05) is 26.0 Å². The number of anilines is 1. The van der Waals surface area contributed by atoms with Gasteiger partial charge in [-0.2, -0.15) is 0 Å². The van der Waals surface area contributed by atoms with Crippen LogP contribution in [0.15, 0.2) is 18.2 Å². The number of likely N-dealkylation sites (N-methyl/N-ethyl adjacent to an activating group) is 1. The van der Waals surface area contributed by atoms with E-state index in [-0.39, 0.29) is 11.9 Å². The van der Waals surface area contributed by atoms with Crippen molar-refractivity contribution in [3.8, 4) is 0 Å². The molecule has 98 valence electrons. The summed E-state index contributed by atoms with van der Waals surface area (Å²) in [5.74, 6) is 0.207. The zero-order valence-electron chi connectivity index (χ0n) is 11.5. The predicted molar refractivity (Wildman–Crippen MR) is 74.9 cm³/mol. The Morgan fingerprint density at radius 3 is 2.67 bits per heavy atom. The van der Waals surface area contributed by atoms with E-state index in [0.717, 1.165) is 31.5 Å². The molecule has 3 heteroatoms. The van der Waals surface area contributed by atoms with Gasteiger partial charge in [0.1, 0.15) is 6.04 Å². The van der Waals surface area contributed by atoms with Crippen LogP contribution in [0.4, 0.5) is 5.69 Å². The van der Waals surface area contributed by atoms with Crippen LogP contribution in [-0.2, 0) is 17.6 Å². The van der Waals surface area contributed by atoms with Crippen molar-refractivity contribution in [1.82, 2.24) is 4.90 Å². The number of carbonyl (C=O) groups is 1. The minimum Gasteiger partial charge on any atom is -0.373 e. The first-order chi connectivity index (χ1) is 8.65. The Bertz CT molecular complexity index is 442. The molecule has 0 aliphatic carbocycles. The number of amides is 1. The lowest BCUT2D eigenvalue weighted by atomic mass is 10.0. The standard InChI is InChI=1S/C15H22N2O/c1-4-11-6-7-12(5-2)14(10-11)16-13-8-9-17(3)15(13)18/h6-7,10,13,16H,4-5,8-9H2,1-3H3/t13-/m0/s1. The van der Waals surface area contributed by atoms with Gasteiger partial charge in [-0.25, -0.2) is 0 Å². The van der Waals surface area contributed by atoms with E-state index in [9.17, 15) is 4.79 Å². The van der Waals surface area contributed by atoms with E-state index in [2.05, 4.69) is 37.4 Å². The summed E-state index contributed by atoms with van der Waals surface area (Å²) >= 11 is 0. The van der Waals surface area contributed by atoms with E-state index in [1.165, 1.54) is 11.1 Å². The van der Waals surface area contributed by atoms with E-state index in [0.29, 0.717) is 0 Å². The zero-order chi connectivity index (χ0) is 13.1. The summed E-state index contributed by atoms with van der Waals surface area (Å²) in [7, 11) is 1.87. The van der Waals surface area contributed by atoms with Crippen LogP contribution in [0.3, 0.4) is 0 Å². The van der Waals surface area contributed by atoms with Crippen LogP contribution < -0.4 is 5.32 Å². The molecule has 0 saturated carbocycles. The Labute approximate surface area is 109 Å². The molecule has 1 heterocycles. The van der Waals surface area contributed by atoms with Crippen LogP contribution in [0.2, 0.25) is 0 Å². The molecule has 1 N–H and O–H groups in total. The first-order valence-corrected chi connectivity index (χ1v) is 6.79. The topological polar surface area (TPSA) is 32.3 Å². The van der Waals surface area contributed by atoms with Crippen molar-refractivity contribution in [2.24, 2.45) is 0 Å². The monoisotopic (exact) mass is 246 g/mol. The van der Waals surface area contributed by atoms with Gasteiger partial charge in [-0.15, -0.1) is 0 Å². The fourth-order valence-corrected chi connectivity index (χ4v) is 2.43. The van der Waals surface area contributed by atoms with Gasteiger partial charge >= 0.3 is 0 Å². The molecule has 1 aromatic rings. The summed E-state index contributed by atoms with van der Waals surface area (Å²) in [6.45, 7) is 5.15. The number of carbonyl (C=O) groups excluding carboxylic acids is 1. The molecule has 1 amide bonds. The lowest BCUT2D eigenvalue weighted by Crippen LogP contribution is -2.31. The molecule has 1 aliphatic rings. The lowest BCUT2D eigenvalue weighted by molar-refractivity contribution is -0.127. The minimum absolute atomic E-state index is 0.0487. The predicted octanol–water partition coefficient (Wildman–Crippen LogP) is 2.45. The summed E-state index contributed by atoms with van der Waals surface area (Å²) in [5.41, 5.74) is 3.73. The van der Waals surface area contributed by atoms with Crippen LogP contribution in [0.25, 0.3) is 0 Å². The van der Waals surface area contributed by atoms with Crippen LogP contribution in [-0.4, -0.2) is 30.4 Å². The summed E-state index contributed by atoms with van der Waals surface area (Å²) in [6.07, 6.45) is 2.91. The van der Waals surface area contributed by atoms with Gasteiger partial charge in [0.2, 0.25) is 5.91 Å². The quantitative estimate of drug-likeness (QED) is 0.885. The first kappa shape index (κ1) is 12.9. The van der Waals surface area contributed by atoms with Crippen molar-refractivity contribution in [3.63, 3.8) is 0 Å². The normalized spacial score (nSPS) is 19.4. The molecule has 0 radical (unpaired) electrons. The summed E-state index contributed by atoms with van der Waals surface area (Å²) < 4.78 is 0. The number of nitrogens with zero attached hydrogens (tertiary/aromatic N) is 1. The summed E-state index contributed by atoms with van der Waals surface area (Å²) in [4.78, 5) is 13.7. The lowest BCUT2D eigenvalue weighted by Gasteiger charge is -2.17. The Balaban J connectivity index is 2.19. The molecule has 1 atom stereocenters. The molecule has 18 heavy (non-hydrogen) atoms. The highest BCUT2D eigenvalue weighted by molar-refractivity contribution is 5.86. The molecule has 0 spiro atoms. The second-order valence-corrected chi connectivity index (χ2v) is 4.94. The third-order valence-corrected chi connectivity index (χ3v) is 3.72. The molecule has 1 fully saturated rings. The van der Waals surface area contributed by atoms with Crippen molar-refractivity contribution >= 4 is 11.6 Å². The third-order valence-electron chi connectivity index (χ3n) is 3.72. The Morgan fingerprint density at radius 2 is 2.11 bits per heavy atom. The second-order valence-electron chi connectivity index (χ2n) is 4.94. The van der Waals surface area contributed by atoms with Gasteiger partial charge in [0.15, 0.2) is 0 Å². The highest BCUT2D eigenvalue weighted by Gasteiger charge is 2.29.